The normalized spacial score (nSPS) is 19.8. The second-order valence-electron chi connectivity index (χ2n) is 5.64. The summed E-state index contributed by atoms with van der Waals surface area (Å²) in [6.45, 7) is 4.67. The highest BCUT2D eigenvalue weighted by molar-refractivity contribution is 5.77. The van der Waals surface area contributed by atoms with Gasteiger partial charge in [0.1, 0.15) is 11.9 Å². The van der Waals surface area contributed by atoms with Crippen molar-refractivity contribution in [3.05, 3.63) is 29.6 Å². The zero-order chi connectivity index (χ0) is 15.2. The van der Waals surface area contributed by atoms with E-state index in [0.717, 1.165) is 36.3 Å². The second-order valence-corrected chi connectivity index (χ2v) is 5.64. The molecule has 2 aromatic rings. The molecule has 0 bridgehead atoms. The summed E-state index contributed by atoms with van der Waals surface area (Å²) in [5.41, 5.74) is 0.440. The Labute approximate surface area is 120 Å². The van der Waals surface area contributed by atoms with Gasteiger partial charge >= 0.3 is 6.18 Å². The van der Waals surface area contributed by atoms with E-state index in [9.17, 15) is 13.2 Å². The number of nitrogens with zero attached hydrogens (tertiary/aromatic N) is 2. The summed E-state index contributed by atoms with van der Waals surface area (Å²) < 4.78 is 46.1. The molecule has 3 nitrogen and oxygen atoms in total. The molecule has 0 amide bonds. The van der Waals surface area contributed by atoms with Crippen molar-refractivity contribution in [2.75, 3.05) is 6.61 Å². The summed E-state index contributed by atoms with van der Waals surface area (Å²) in [6, 6.07) is 3.85. The molecular formula is C15H17F3N2O. The van der Waals surface area contributed by atoms with E-state index in [1.807, 2.05) is 18.4 Å². The average molecular weight is 298 g/mol. The first kappa shape index (κ1) is 14.4. The smallest absolute Gasteiger partial charge is 0.370 e. The van der Waals surface area contributed by atoms with Crippen molar-refractivity contribution in [1.82, 2.24) is 9.55 Å². The SMILES string of the molecule is CC(C)n1c([C@@H]2CCCO2)nc2cc(C(F)(F)F)ccc21. The minimum Gasteiger partial charge on any atom is -0.370 e. The maximum atomic E-state index is 12.8. The van der Waals surface area contributed by atoms with Crippen LogP contribution in [0.25, 0.3) is 11.0 Å². The zero-order valence-electron chi connectivity index (χ0n) is 11.9. The van der Waals surface area contributed by atoms with Gasteiger partial charge in [-0.1, -0.05) is 0 Å². The fraction of sp³-hybridized carbons (Fsp3) is 0.533. The van der Waals surface area contributed by atoms with Gasteiger partial charge in [-0.25, -0.2) is 4.98 Å². The van der Waals surface area contributed by atoms with Crippen LogP contribution in [0, 0.1) is 0 Å². The van der Waals surface area contributed by atoms with Crippen LogP contribution in [0.5, 0.6) is 0 Å². The minimum atomic E-state index is -4.35. The molecule has 1 aromatic carbocycles. The van der Waals surface area contributed by atoms with E-state index in [1.165, 1.54) is 6.07 Å². The summed E-state index contributed by atoms with van der Waals surface area (Å²) >= 11 is 0. The molecule has 114 valence electrons. The molecule has 0 N–H and O–H groups in total. The summed E-state index contributed by atoms with van der Waals surface area (Å²) in [6.07, 6.45) is -2.64. The first-order valence-electron chi connectivity index (χ1n) is 7.08. The van der Waals surface area contributed by atoms with Crippen molar-refractivity contribution < 1.29 is 17.9 Å². The number of hydrogen-bond donors (Lipinski definition) is 0. The van der Waals surface area contributed by atoms with E-state index in [1.54, 1.807) is 0 Å². The van der Waals surface area contributed by atoms with Gasteiger partial charge in [0.05, 0.1) is 16.6 Å². The highest BCUT2D eigenvalue weighted by Crippen LogP contribution is 2.35. The molecule has 1 fully saturated rings. The molecule has 1 saturated heterocycles. The van der Waals surface area contributed by atoms with Gasteiger partial charge in [0, 0.05) is 12.6 Å². The van der Waals surface area contributed by atoms with Crippen molar-refractivity contribution >= 4 is 11.0 Å². The van der Waals surface area contributed by atoms with Crippen LogP contribution in [0.4, 0.5) is 13.2 Å². The number of imidazole rings is 1. The molecule has 6 heteroatoms. The number of alkyl halides is 3. The number of fused-ring (bicyclic) bond motifs is 1. The Hall–Kier alpha value is -1.56. The Morgan fingerprint density at radius 1 is 1.33 bits per heavy atom. The standard InChI is InChI=1S/C15H17F3N2O/c1-9(2)20-12-6-5-10(15(16,17)18)8-11(12)19-14(20)13-4-3-7-21-13/h5-6,8-9,13H,3-4,7H2,1-2H3/t13-/m0/s1. The fourth-order valence-electron chi connectivity index (χ4n) is 2.84. The molecule has 0 unspecified atom stereocenters. The summed E-state index contributed by atoms with van der Waals surface area (Å²) in [5, 5.41) is 0. The van der Waals surface area contributed by atoms with Gasteiger partial charge in [0.15, 0.2) is 0 Å². The molecule has 0 saturated carbocycles. The van der Waals surface area contributed by atoms with Crippen LogP contribution in [-0.2, 0) is 10.9 Å². The average Bonchev–Trinajstić information content (AvgIpc) is 3.03. The van der Waals surface area contributed by atoms with Crippen LogP contribution < -0.4 is 0 Å². The van der Waals surface area contributed by atoms with Crippen molar-refractivity contribution in [2.24, 2.45) is 0 Å². The fourth-order valence-corrected chi connectivity index (χ4v) is 2.84. The van der Waals surface area contributed by atoms with Crippen molar-refractivity contribution in [3.8, 4) is 0 Å². The van der Waals surface area contributed by atoms with E-state index >= 15 is 0 Å². The topological polar surface area (TPSA) is 27.1 Å². The summed E-state index contributed by atoms with van der Waals surface area (Å²) in [5.74, 6) is 0.733. The minimum absolute atomic E-state index is 0.117. The first-order chi connectivity index (χ1) is 9.88. The van der Waals surface area contributed by atoms with Gasteiger partial charge in [0.25, 0.3) is 0 Å². The lowest BCUT2D eigenvalue weighted by molar-refractivity contribution is -0.137. The van der Waals surface area contributed by atoms with E-state index in [4.69, 9.17) is 4.74 Å². The van der Waals surface area contributed by atoms with Gasteiger partial charge in [-0.15, -0.1) is 0 Å². The lowest BCUT2D eigenvalue weighted by Gasteiger charge is -2.16. The molecule has 2 heterocycles. The second kappa shape index (κ2) is 5.02. The summed E-state index contributed by atoms with van der Waals surface area (Å²) in [4.78, 5) is 4.43. The van der Waals surface area contributed by atoms with Gasteiger partial charge in [-0.2, -0.15) is 13.2 Å². The highest BCUT2D eigenvalue weighted by Gasteiger charge is 2.32. The number of rotatable bonds is 2. The largest absolute Gasteiger partial charge is 0.416 e. The third-order valence-corrected chi connectivity index (χ3v) is 3.78. The summed E-state index contributed by atoms with van der Waals surface area (Å²) in [7, 11) is 0. The lowest BCUT2D eigenvalue weighted by atomic mass is 10.2. The molecule has 1 aliphatic rings. The number of ether oxygens (including phenoxy) is 1. The van der Waals surface area contributed by atoms with E-state index in [2.05, 4.69) is 4.98 Å². The van der Waals surface area contributed by atoms with Crippen molar-refractivity contribution in [3.63, 3.8) is 0 Å². The first-order valence-corrected chi connectivity index (χ1v) is 7.08. The molecule has 1 atom stereocenters. The van der Waals surface area contributed by atoms with Gasteiger partial charge in [-0.3, -0.25) is 0 Å². The number of halogens is 3. The van der Waals surface area contributed by atoms with Crippen LogP contribution in [0.15, 0.2) is 18.2 Å². The predicted octanol–water partition coefficient (Wildman–Crippen LogP) is 4.49. The van der Waals surface area contributed by atoms with Crippen molar-refractivity contribution in [1.29, 1.82) is 0 Å². The van der Waals surface area contributed by atoms with E-state index < -0.39 is 11.7 Å². The maximum Gasteiger partial charge on any atom is 0.416 e. The maximum absolute atomic E-state index is 12.8. The van der Waals surface area contributed by atoms with Crippen LogP contribution in [-0.4, -0.2) is 16.2 Å². The molecule has 21 heavy (non-hydrogen) atoms. The number of benzene rings is 1. The van der Waals surface area contributed by atoms with Crippen LogP contribution in [0.3, 0.4) is 0 Å². The predicted molar refractivity (Wildman–Crippen MR) is 73.0 cm³/mol. The highest BCUT2D eigenvalue weighted by atomic mass is 19.4. The number of aromatic nitrogens is 2. The Balaban J connectivity index is 2.16. The van der Waals surface area contributed by atoms with E-state index in [0.29, 0.717) is 12.1 Å². The van der Waals surface area contributed by atoms with Crippen LogP contribution in [0.1, 0.15) is 50.2 Å². The third kappa shape index (κ3) is 2.52. The number of hydrogen-bond acceptors (Lipinski definition) is 2. The van der Waals surface area contributed by atoms with Crippen LogP contribution >= 0.6 is 0 Å². The van der Waals surface area contributed by atoms with Gasteiger partial charge in [-0.05, 0) is 44.9 Å². The molecule has 1 aliphatic heterocycles. The van der Waals surface area contributed by atoms with E-state index in [-0.39, 0.29) is 12.1 Å². The van der Waals surface area contributed by atoms with Gasteiger partial charge < -0.3 is 9.30 Å². The molecule has 3 rings (SSSR count). The monoisotopic (exact) mass is 298 g/mol. The Morgan fingerprint density at radius 3 is 2.67 bits per heavy atom. The molecule has 0 aliphatic carbocycles. The van der Waals surface area contributed by atoms with Gasteiger partial charge in [0.2, 0.25) is 0 Å². The third-order valence-electron chi connectivity index (χ3n) is 3.78. The molecule has 0 spiro atoms. The Morgan fingerprint density at radius 2 is 2.10 bits per heavy atom. The van der Waals surface area contributed by atoms with Crippen LogP contribution in [0.2, 0.25) is 0 Å². The Bertz CT molecular complexity index is 655. The van der Waals surface area contributed by atoms with Crippen molar-refractivity contribution in [2.45, 2.75) is 45.0 Å². The zero-order valence-corrected chi connectivity index (χ0v) is 11.9. The Kier molecular flexibility index (Phi) is 3.43. The molecular weight excluding hydrogens is 281 g/mol. The molecule has 1 aromatic heterocycles. The lowest BCUT2D eigenvalue weighted by Crippen LogP contribution is -2.10. The quantitative estimate of drug-likeness (QED) is 0.817. The molecule has 0 radical (unpaired) electrons.